The van der Waals surface area contributed by atoms with Gasteiger partial charge in [0.2, 0.25) is 5.91 Å². The zero-order valence-corrected chi connectivity index (χ0v) is 17.0. The van der Waals surface area contributed by atoms with E-state index in [1.807, 2.05) is 20.8 Å². The van der Waals surface area contributed by atoms with Gasteiger partial charge in [0.05, 0.1) is 13.2 Å². The maximum absolute atomic E-state index is 12.7. The fourth-order valence-electron chi connectivity index (χ4n) is 3.09. The van der Waals surface area contributed by atoms with Crippen molar-refractivity contribution in [2.45, 2.75) is 45.0 Å². The number of nitrogens with two attached hydrogens (primary N) is 1. The number of carbonyl (C=O) groups is 1. The minimum absolute atomic E-state index is 0. The van der Waals surface area contributed by atoms with Gasteiger partial charge < -0.3 is 25.3 Å². The van der Waals surface area contributed by atoms with Gasteiger partial charge in [-0.1, -0.05) is 13.8 Å². The van der Waals surface area contributed by atoms with E-state index in [4.69, 9.17) is 19.9 Å². The molecule has 0 spiro atoms. The molecule has 160 valence electrons. The molecule has 0 bridgehead atoms. The summed E-state index contributed by atoms with van der Waals surface area (Å²) in [5.74, 6) is -0.436. The first-order valence-corrected chi connectivity index (χ1v) is 8.54. The summed E-state index contributed by atoms with van der Waals surface area (Å²) in [4.78, 5) is 12.7. The minimum atomic E-state index is -4.49. The minimum Gasteiger partial charge on any atom is -0.493 e. The number of hydrogen-bond acceptors (Lipinski definition) is 5. The van der Waals surface area contributed by atoms with E-state index in [0.717, 1.165) is 0 Å². The number of benzene rings is 1. The molecule has 1 aromatic carbocycles. The highest BCUT2D eigenvalue weighted by molar-refractivity contribution is 6.00. The second-order valence-corrected chi connectivity index (χ2v) is 7.06. The molecule has 28 heavy (non-hydrogen) atoms. The third-order valence-electron chi connectivity index (χ3n) is 5.05. The van der Waals surface area contributed by atoms with Crippen LogP contribution in [0.15, 0.2) is 18.2 Å². The van der Waals surface area contributed by atoms with E-state index in [2.05, 4.69) is 5.32 Å². The number of methoxy groups -OCH3 is 1. The topological polar surface area (TPSA) is 82.8 Å². The third kappa shape index (κ3) is 4.82. The van der Waals surface area contributed by atoms with Crippen LogP contribution in [0.5, 0.6) is 11.5 Å². The third-order valence-corrected chi connectivity index (χ3v) is 5.05. The van der Waals surface area contributed by atoms with Crippen LogP contribution in [-0.4, -0.2) is 44.0 Å². The number of rotatable bonds is 7. The summed E-state index contributed by atoms with van der Waals surface area (Å²) in [6.07, 6.45) is -4.27. The van der Waals surface area contributed by atoms with Gasteiger partial charge in [-0.2, -0.15) is 13.2 Å². The van der Waals surface area contributed by atoms with Crippen molar-refractivity contribution >= 4 is 24.0 Å². The van der Waals surface area contributed by atoms with Crippen molar-refractivity contribution in [3.63, 3.8) is 0 Å². The van der Waals surface area contributed by atoms with E-state index in [1.165, 1.54) is 25.3 Å². The van der Waals surface area contributed by atoms with Crippen molar-refractivity contribution in [2.24, 2.45) is 11.1 Å². The Balaban J connectivity index is 0.00000392. The highest BCUT2D eigenvalue weighted by Gasteiger charge is 2.62. The smallest absolute Gasteiger partial charge is 0.422 e. The molecule has 1 amide bonds. The molecule has 2 atom stereocenters. The molecule has 0 saturated heterocycles. The lowest BCUT2D eigenvalue weighted by Gasteiger charge is -2.57. The molecule has 1 aliphatic rings. The van der Waals surface area contributed by atoms with Crippen LogP contribution < -0.4 is 20.5 Å². The van der Waals surface area contributed by atoms with E-state index < -0.39 is 29.6 Å². The normalized spacial score (nSPS) is 23.2. The van der Waals surface area contributed by atoms with Crippen molar-refractivity contribution in [1.29, 1.82) is 0 Å². The highest BCUT2D eigenvalue weighted by atomic mass is 35.5. The van der Waals surface area contributed by atoms with E-state index in [9.17, 15) is 18.0 Å². The number of hydrogen-bond donors (Lipinski definition) is 2. The monoisotopic (exact) mass is 426 g/mol. The fraction of sp³-hybridized carbons (Fsp3) is 0.611. The average Bonchev–Trinajstić information content (AvgIpc) is 2.59. The number of amides is 1. The SMILES string of the molecule is CCOC1CC(N)(C(=O)Nc2ccc(OC)c(OCC(F)(F)F)c2)C1(C)C.Cl. The molecule has 1 fully saturated rings. The molecular weight excluding hydrogens is 401 g/mol. The van der Waals surface area contributed by atoms with Gasteiger partial charge in [0.25, 0.3) is 0 Å². The standard InChI is InChI=1S/C18H25F3N2O4.ClH/c1-5-26-14-9-17(22,16(14,2)3)15(24)23-11-6-7-12(25-4)13(8-11)27-10-18(19,20)21;/h6-8,14H,5,9-10,22H2,1-4H3,(H,23,24);1H. The zero-order chi connectivity index (χ0) is 20.5. The Kier molecular flexibility index (Phi) is 7.60. The Morgan fingerprint density at radius 3 is 2.46 bits per heavy atom. The molecule has 2 unspecified atom stereocenters. The summed E-state index contributed by atoms with van der Waals surface area (Å²) in [5, 5.41) is 2.66. The van der Waals surface area contributed by atoms with Crippen LogP contribution in [0.1, 0.15) is 27.2 Å². The van der Waals surface area contributed by atoms with Gasteiger partial charge in [0, 0.05) is 30.2 Å². The highest BCUT2D eigenvalue weighted by Crippen LogP contribution is 2.50. The van der Waals surface area contributed by atoms with Crippen molar-refractivity contribution in [1.82, 2.24) is 0 Å². The summed E-state index contributed by atoms with van der Waals surface area (Å²) in [6.45, 7) is 4.62. The lowest BCUT2D eigenvalue weighted by molar-refractivity contribution is -0.166. The second-order valence-electron chi connectivity index (χ2n) is 7.06. The Morgan fingerprint density at radius 2 is 1.96 bits per heavy atom. The molecule has 2 rings (SSSR count). The molecule has 10 heteroatoms. The first-order valence-electron chi connectivity index (χ1n) is 8.54. The summed E-state index contributed by atoms with van der Waals surface area (Å²) in [5.41, 5.74) is 4.83. The van der Waals surface area contributed by atoms with Gasteiger partial charge in [0.15, 0.2) is 18.1 Å². The molecule has 1 saturated carbocycles. The predicted octanol–water partition coefficient (Wildman–Crippen LogP) is 3.53. The number of nitrogens with one attached hydrogen (secondary N) is 1. The molecular formula is C18H26ClF3N2O4. The molecule has 0 heterocycles. The maximum atomic E-state index is 12.7. The van der Waals surface area contributed by atoms with Gasteiger partial charge in [-0.15, -0.1) is 12.4 Å². The molecule has 3 N–H and O–H groups in total. The lowest BCUT2D eigenvalue weighted by atomic mass is 9.54. The first-order chi connectivity index (χ1) is 12.4. The van der Waals surface area contributed by atoms with Gasteiger partial charge in [0.1, 0.15) is 5.54 Å². The van der Waals surface area contributed by atoms with Crippen LogP contribution in [0, 0.1) is 5.41 Å². The Morgan fingerprint density at radius 1 is 1.32 bits per heavy atom. The molecule has 0 aliphatic heterocycles. The van der Waals surface area contributed by atoms with Crippen LogP contribution in [0.2, 0.25) is 0 Å². The van der Waals surface area contributed by atoms with Gasteiger partial charge >= 0.3 is 6.18 Å². The van der Waals surface area contributed by atoms with E-state index in [-0.39, 0.29) is 35.7 Å². The van der Waals surface area contributed by atoms with Gasteiger partial charge in [-0.3, -0.25) is 4.79 Å². The largest absolute Gasteiger partial charge is 0.493 e. The number of alkyl halides is 3. The van der Waals surface area contributed by atoms with Crippen LogP contribution in [0.25, 0.3) is 0 Å². The molecule has 0 aromatic heterocycles. The Labute approximate surface area is 168 Å². The number of ether oxygens (including phenoxy) is 3. The first kappa shape index (κ1) is 24.3. The van der Waals surface area contributed by atoms with Crippen LogP contribution in [-0.2, 0) is 9.53 Å². The maximum Gasteiger partial charge on any atom is 0.422 e. The van der Waals surface area contributed by atoms with Crippen molar-refractivity contribution in [3.8, 4) is 11.5 Å². The van der Waals surface area contributed by atoms with Crippen molar-refractivity contribution in [2.75, 3.05) is 25.6 Å². The average molecular weight is 427 g/mol. The summed E-state index contributed by atoms with van der Waals surface area (Å²) < 4.78 is 52.6. The summed E-state index contributed by atoms with van der Waals surface area (Å²) in [6, 6.07) is 4.20. The predicted molar refractivity (Wildman–Crippen MR) is 101 cm³/mol. The number of halogens is 4. The van der Waals surface area contributed by atoms with Crippen molar-refractivity contribution < 1.29 is 32.2 Å². The van der Waals surface area contributed by atoms with E-state index >= 15 is 0 Å². The molecule has 6 nitrogen and oxygen atoms in total. The zero-order valence-electron chi connectivity index (χ0n) is 16.2. The molecule has 1 aromatic rings. The second kappa shape index (κ2) is 8.75. The Hall–Kier alpha value is -1.71. The van der Waals surface area contributed by atoms with Gasteiger partial charge in [-0.25, -0.2) is 0 Å². The van der Waals surface area contributed by atoms with Crippen LogP contribution in [0.4, 0.5) is 18.9 Å². The lowest BCUT2D eigenvalue weighted by Crippen LogP contribution is -2.74. The molecule has 1 aliphatic carbocycles. The van der Waals surface area contributed by atoms with E-state index in [0.29, 0.717) is 13.0 Å². The Bertz CT molecular complexity index is 700. The summed E-state index contributed by atoms with van der Waals surface area (Å²) >= 11 is 0. The quantitative estimate of drug-likeness (QED) is 0.697. The van der Waals surface area contributed by atoms with Crippen molar-refractivity contribution in [3.05, 3.63) is 18.2 Å². The number of carbonyl (C=O) groups excluding carboxylic acids is 1. The van der Waals surface area contributed by atoms with E-state index in [1.54, 1.807) is 0 Å². The van der Waals surface area contributed by atoms with Crippen LogP contribution in [0.3, 0.4) is 0 Å². The summed E-state index contributed by atoms with van der Waals surface area (Å²) in [7, 11) is 1.31. The number of anilines is 1. The fourth-order valence-corrected chi connectivity index (χ4v) is 3.09. The molecule has 0 radical (unpaired) electrons. The van der Waals surface area contributed by atoms with Gasteiger partial charge in [-0.05, 0) is 19.1 Å². The van der Waals surface area contributed by atoms with Crippen LogP contribution >= 0.6 is 12.4 Å².